The van der Waals surface area contributed by atoms with E-state index < -0.39 is 0 Å². The number of rotatable bonds is 2. The molecule has 2 unspecified atom stereocenters. The second-order valence-electron chi connectivity index (χ2n) is 7.03. The molecule has 0 bridgehead atoms. The average Bonchev–Trinajstić information content (AvgIpc) is 3.12. The third-order valence-electron chi connectivity index (χ3n) is 4.57. The summed E-state index contributed by atoms with van der Waals surface area (Å²) < 4.78 is 0. The highest BCUT2D eigenvalue weighted by Crippen LogP contribution is 2.41. The van der Waals surface area contributed by atoms with Gasteiger partial charge < -0.3 is 10.2 Å². The van der Waals surface area contributed by atoms with Crippen LogP contribution >= 0.6 is 11.6 Å². The van der Waals surface area contributed by atoms with Crippen molar-refractivity contribution in [3.05, 3.63) is 34.9 Å². The van der Waals surface area contributed by atoms with E-state index in [9.17, 15) is 0 Å². The first-order chi connectivity index (χ1) is 9.98. The maximum absolute atomic E-state index is 6.08. The first kappa shape index (κ1) is 14.7. The zero-order valence-corrected chi connectivity index (χ0v) is 13.8. The van der Waals surface area contributed by atoms with Crippen LogP contribution in [0.4, 0.5) is 0 Å². The van der Waals surface area contributed by atoms with Crippen LogP contribution in [0.15, 0.2) is 29.3 Å². The molecule has 4 heteroatoms. The highest BCUT2D eigenvalue weighted by Gasteiger charge is 2.40. The summed E-state index contributed by atoms with van der Waals surface area (Å²) in [7, 11) is 1.88. The van der Waals surface area contributed by atoms with Crippen LogP contribution in [0.25, 0.3) is 0 Å². The summed E-state index contributed by atoms with van der Waals surface area (Å²) in [6, 6.07) is 8.70. The van der Waals surface area contributed by atoms with Crippen molar-refractivity contribution in [2.24, 2.45) is 10.4 Å². The van der Waals surface area contributed by atoms with Crippen LogP contribution in [0.2, 0.25) is 5.02 Å². The predicted molar refractivity (Wildman–Crippen MR) is 89.1 cm³/mol. The van der Waals surface area contributed by atoms with Crippen LogP contribution in [0, 0.1) is 5.41 Å². The lowest BCUT2D eigenvalue weighted by atomic mass is 9.93. The second-order valence-corrected chi connectivity index (χ2v) is 7.47. The van der Waals surface area contributed by atoms with E-state index in [2.05, 4.69) is 41.2 Å². The van der Waals surface area contributed by atoms with Crippen molar-refractivity contribution >= 4 is 17.6 Å². The Kier molecular flexibility index (Phi) is 3.87. The summed E-state index contributed by atoms with van der Waals surface area (Å²) in [5.74, 6) is 1.62. The van der Waals surface area contributed by atoms with E-state index >= 15 is 0 Å². The van der Waals surface area contributed by atoms with Gasteiger partial charge in [0, 0.05) is 37.1 Å². The number of nitrogens with one attached hydrogen (secondary N) is 1. The Morgan fingerprint density at radius 3 is 2.86 bits per heavy atom. The van der Waals surface area contributed by atoms with Gasteiger partial charge in [-0.15, -0.1) is 0 Å². The SMILES string of the molecule is CN=C(NC1CC1c1cccc(Cl)c1)N1CCC(C)(C)C1. The van der Waals surface area contributed by atoms with E-state index in [-0.39, 0.29) is 0 Å². The van der Waals surface area contributed by atoms with Gasteiger partial charge in [-0.2, -0.15) is 0 Å². The van der Waals surface area contributed by atoms with Crippen LogP contribution in [0.3, 0.4) is 0 Å². The molecule has 0 aromatic heterocycles. The fourth-order valence-electron chi connectivity index (χ4n) is 3.22. The van der Waals surface area contributed by atoms with E-state index in [0.717, 1.165) is 30.5 Å². The molecule has 1 saturated carbocycles. The van der Waals surface area contributed by atoms with Crippen molar-refractivity contribution in [1.29, 1.82) is 0 Å². The van der Waals surface area contributed by atoms with Crippen molar-refractivity contribution in [1.82, 2.24) is 10.2 Å². The molecule has 1 aromatic rings. The Morgan fingerprint density at radius 1 is 1.43 bits per heavy atom. The Balaban J connectivity index is 1.60. The number of aliphatic imine (C=N–C) groups is 1. The molecule has 3 nitrogen and oxygen atoms in total. The van der Waals surface area contributed by atoms with Crippen molar-refractivity contribution in [3.8, 4) is 0 Å². The zero-order chi connectivity index (χ0) is 15.0. The van der Waals surface area contributed by atoms with E-state index in [1.807, 2.05) is 19.2 Å². The highest BCUT2D eigenvalue weighted by atomic mass is 35.5. The van der Waals surface area contributed by atoms with Crippen LogP contribution in [0.1, 0.15) is 38.2 Å². The fourth-order valence-corrected chi connectivity index (χ4v) is 3.42. The summed E-state index contributed by atoms with van der Waals surface area (Å²) in [6.45, 7) is 6.83. The van der Waals surface area contributed by atoms with Gasteiger partial charge in [0.25, 0.3) is 0 Å². The molecular weight excluding hydrogens is 282 g/mol. The minimum absolute atomic E-state index is 0.396. The second kappa shape index (κ2) is 5.53. The number of benzene rings is 1. The minimum Gasteiger partial charge on any atom is -0.353 e. The van der Waals surface area contributed by atoms with E-state index in [4.69, 9.17) is 11.6 Å². The van der Waals surface area contributed by atoms with Gasteiger partial charge in [0.1, 0.15) is 0 Å². The molecule has 21 heavy (non-hydrogen) atoms. The summed E-state index contributed by atoms with van der Waals surface area (Å²) >= 11 is 6.08. The van der Waals surface area contributed by atoms with Crippen molar-refractivity contribution < 1.29 is 0 Å². The van der Waals surface area contributed by atoms with E-state index in [0.29, 0.717) is 17.4 Å². The Hall–Kier alpha value is -1.22. The monoisotopic (exact) mass is 305 g/mol. The van der Waals surface area contributed by atoms with Gasteiger partial charge in [-0.25, -0.2) is 0 Å². The van der Waals surface area contributed by atoms with Crippen molar-refractivity contribution in [3.63, 3.8) is 0 Å². The first-order valence-corrected chi connectivity index (χ1v) is 8.10. The smallest absolute Gasteiger partial charge is 0.193 e. The lowest BCUT2D eigenvalue weighted by molar-refractivity contribution is 0.370. The quantitative estimate of drug-likeness (QED) is 0.669. The van der Waals surface area contributed by atoms with Crippen LogP contribution in [-0.4, -0.2) is 37.0 Å². The molecule has 1 N–H and O–H groups in total. The van der Waals surface area contributed by atoms with Gasteiger partial charge in [0.2, 0.25) is 0 Å². The number of guanidine groups is 1. The number of hydrogen-bond donors (Lipinski definition) is 1. The lowest BCUT2D eigenvalue weighted by Crippen LogP contribution is -2.42. The molecule has 0 amide bonds. The topological polar surface area (TPSA) is 27.6 Å². The molecule has 114 valence electrons. The lowest BCUT2D eigenvalue weighted by Gasteiger charge is -2.23. The number of hydrogen-bond acceptors (Lipinski definition) is 1. The summed E-state index contributed by atoms with van der Waals surface area (Å²) in [6.07, 6.45) is 2.40. The average molecular weight is 306 g/mol. The minimum atomic E-state index is 0.396. The van der Waals surface area contributed by atoms with E-state index in [1.54, 1.807) is 0 Å². The third-order valence-corrected chi connectivity index (χ3v) is 4.81. The molecule has 2 fully saturated rings. The number of halogens is 1. The Morgan fingerprint density at radius 2 is 2.24 bits per heavy atom. The van der Waals surface area contributed by atoms with E-state index in [1.165, 1.54) is 12.0 Å². The normalized spacial score (nSPS) is 27.8. The molecule has 2 aliphatic rings. The zero-order valence-electron chi connectivity index (χ0n) is 13.1. The molecule has 1 aromatic carbocycles. The summed E-state index contributed by atoms with van der Waals surface area (Å²) in [4.78, 5) is 6.85. The summed E-state index contributed by atoms with van der Waals surface area (Å²) in [5.41, 5.74) is 1.73. The third kappa shape index (κ3) is 3.34. The number of likely N-dealkylation sites (tertiary alicyclic amines) is 1. The maximum Gasteiger partial charge on any atom is 0.193 e. The standard InChI is InChI=1S/C17H24ClN3/c1-17(2)7-8-21(11-17)16(19-3)20-15-10-14(15)12-5-4-6-13(18)9-12/h4-6,9,14-15H,7-8,10-11H2,1-3H3,(H,19,20). The predicted octanol–water partition coefficient (Wildman–Crippen LogP) is 3.50. The number of nitrogens with zero attached hydrogens (tertiary/aromatic N) is 2. The molecule has 1 aliphatic heterocycles. The van der Waals surface area contributed by atoms with Gasteiger partial charge in [-0.3, -0.25) is 4.99 Å². The first-order valence-electron chi connectivity index (χ1n) is 7.72. The van der Waals surface area contributed by atoms with Crippen molar-refractivity contribution in [2.75, 3.05) is 20.1 Å². The molecular formula is C17H24ClN3. The van der Waals surface area contributed by atoms with Gasteiger partial charge in [0.15, 0.2) is 5.96 Å². The fraction of sp³-hybridized carbons (Fsp3) is 0.588. The molecule has 0 radical (unpaired) electrons. The van der Waals surface area contributed by atoms with Gasteiger partial charge in [-0.1, -0.05) is 37.6 Å². The van der Waals surface area contributed by atoms with Crippen LogP contribution < -0.4 is 5.32 Å². The van der Waals surface area contributed by atoms with Crippen LogP contribution in [-0.2, 0) is 0 Å². The molecule has 3 rings (SSSR count). The van der Waals surface area contributed by atoms with Gasteiger partial charge >= 0.3 is 0 Å². The molecule has 1 saturated heterocycles. The Labute approximate surface area is 132 Å². The molecule has 2 atom stereocenters. The van der Waals surface area contributed by atoms with Crippen molar-refractivity contribution in [2.45, 2.75) is 38.6 Å². The van der Waals surface area contributed by atoms with Crippen LogP contribution in [0.5, 0.6) is 0 Å². The molecule has 1 heterocycles. The van der Waals surface area contributed by atoms with Gasteiger partial charge in [-0.05, 0) is 36.0 Å². The molecule has 0 spiro atoms. The Bertz CT molecular complexity index is 553. The highest BCUT2D eigenvalue weighted by molar-refractivity contribution is 6.30. The molecule has 1 aliphatic carbocycles. The van der Waals surface area contributed by atoms with Gasteiger partial charge in [0.05, 0.1) is 0 Å². The largest absolute Gasteiger partial charge is 0.353 e. The maximum atomic E-state index is 6.08. The summed E-state index contributed by atoms with van der Waals surface area (Å²) in [5, 5.41) is 4.44.